The summed E-state index contributed by atoms with van der Waals surface area (Å²) in [6, 6.07) is 22.4. The van der Waals surface area contributed by atoms with Gasteiger partial charge in [0.25, 0.3) is 0 Å². The van der Waals surface area contributed by atoms with Gasteiger partial charge in [-0.05, 0) is 129 Å². The standard InChI is InChI=1S/C63H112O12Si4/c1-20-79(21-2,22-3)75-61(11)37-34-54(35-40-66-45-51-30-32-53(65-12)33-31-51)71-63(61)39-38-62(74-63)36-26-29-55(70-62)44-52(64)43-49(4)57(69-48-67-41-42-76(13,14)15)58(73-78(18,19)60(8,9)10)56(72-77(16,17)59(5,6)7)47-68-46-50-27-24-23-25-28-50/h23-25,27-28,30-33,49,54-58H,20-22,26,29,34-48H2,1-19H3/t49-,54+,55-,56+,57-,58+,61-,62-,63-/m0/s1. The molecule has 3 aliphatic heterocycles. The van der Waals surface area contributed by atoms with Crippen LogP contribution in [0.4, 0.5) is 0 Å². The van der Waals surface area contributed by atoms with Crippen LogP contribution >= 0.6 is 0 Å². The number of carbonyl (C=O) groups excluding carboxylic acids is 1. The lowest BCUT2D eigenvalue weighted by Crippen LogP contribution is -2.65. The van der Waals surface area contributed by atoms with Gasteiger partial charge >= 0.3 is 0 Å². The molecule has 0 saturated carbocycles. The van der Waals surface area contributed by atoms with Gasteiger partial charge in [-0.1, -0.05) is 131 Å². The van der Waals surface area contributed by atoms with E-state index in [9.17, 15) is 4.79 Å². The van der Waals surface area contributed by atoms with Crippen molar-refractivity contribution >= 4 is 38.8 Å². The third kappa shape index (κ3) is 19.2. The first kappa shape index (κ1) is 68.2. The van der Waals surface area contributed by atoms with E-state index in [4.69, 9.17) is 51.2 Å². The van der Waals surface area contributed by atoms with Gasteiger partial charge in [0.2, 0.25) is 0 Å². The lowest BCUT2D eigenvalue weighted by molar-refractivity contribution is -0.398. The predicted molar refractivity (Wildman–Crippen MR) is 330 cm³/mol. The van der Waals surface area contributed by atoms with Crippen molar-refractivity contribution in [3.05, 3.63) is 65.7 Å². The molecule has 3 heterocycles. The molecule has 0 unspecified atom stereocenters. The smallest absolute Gasteiger partial charge is 0.199 e. The molecule has 16 heteroatoms. The van der Waals surface area contributed by atoms with Crippen molar-refractivity contribution in [3.63, 3.8) is 0 Å². The molecule has 3 aliphatic rings. The highest BCUT2D eigenvalue weighted by Crippen LogP contribution is 2.56. The van der Waals surface area contributed by atoms with Gasteiger partial charge in [0, 0.05) is 53.4 Å². The number of rotatable bonds is 32. The van der Waals surface area contributed by atoms with E-state index in [0.29, 0.717) is 45.9 Å². The van der Waals surface area contributed by atoms with Crippen molar-refractivity contribution in [2.45, 2.75) is 281 Å². The zero-order chi connectivity index (χ0) is 58.6. The Bertz CT molecular complexity index is 2110. The minimum atomic E-state index is -2.49. The van der Waals surface area contributed by atoms with Crippen molar-refractivity contribution in [1.82, 2.24) is 0 Å². The summed E-state index contributed by atoms with van der Waals surface area (Å²) >= 11 is 0. The maximum Gasteiger partial charge on any atom is 0.199 e. The maximum atomic E-state index is 14.8. The van der Waals surface area contributed by atoms with E-state index >= 15 is 0 Å². The normalized spacial score (nSPS) is 25.2. The van der Waals surface area contributed by atoms with Crippen molar-refractivity contribution in [1.29, 1.82) is 0 Å². The Kier molecular flexibility index (Phi) is 25.0. The van der Waals surface area contributed by atoms with Crippen LogP contribution in [0.2, 0.25) is 80.1 Å². The Hall–Kier alpha value is -1.62. The highest BCUT2D eigenvalue weighted by Gasteiger charge is 2.65. The van der Waals surface area contributed by atoms with E-state index in [1.54, 1.807) is 7.11 Å². The number of benzene rings is 2. The molecule has 79 heavy (non-hydrogen) atoms. The van der Waals surface area contributed by atoms with Crippen LogP contribution in [0.25, 0.3) is 0 Å². The number of methoxy groups -OCH3 is 1. The minimum absolute atomic E-state index is 0.0567. The van der Waals surface area contributed by atoms with Crippen LogP contribution in [0.1, 0.15) is 151 Å². The average molecular weight is 1170 g/mol. The van der Waals surface area contributed by atoms with Crippen molar-refractivity contribution in [2.24, 2.45) is 5.92 Å². The van der Waals surface area contributed by atoms with Crippen LogP contribution in [0.5, 0.6) is 5.75 Å². The number of ether oxygens (including phenoxy) is 8. The number of Topliss-reactive ketones (excluding diaryl/α,β-unsaturated/α-hetero) is 1. The van der Waals surface area contributed by atoms with Gasteiger partial charge in [0.1, 0.15) is 23.9 Å². The Morgan fingerprint density at radius 3 is 1.94 bits per heavy atom. The van der Waals surface area contributed by atoms with Crippen molar-refractivity contribution in [2.75, 3.05) is 33.7 Å². The Labute approximate surface area is 484 Å². The summed E-state index contributed by atoms with van der Waals surface area (Å²) in [5.74, 6) is -1.16. The molecule has 12 nitrogen and oxygen atoms in total. The molecule has 2 aromatic rings. The molecule has 0 radical (unpaired) electrons. The van der Waals surface area contributed by atoms with Crippen LogP contribution in [-0.2, 0) is 64.4 Å². The summed E-state index contributed by atoms with van der Waals surface area (Å²) in [5, 5.41) is -0.196. The Balaban J connectivity index is 1.39. The molecule has 2 aromatic carbocycles. The van der Waals surface area contributed by atoms with Crippen molar-refractivity contribution in [3.8, 4) is 5.75 Å². The fraction of sp³-hybridized carbons (Fsp3) is 0.794. The van der Waals surface area contributed by atoms with Crippen LogP contribution in [0, 0.1) is 5.92 Å². The van der Waals surface area contributed by atoms with E-state index in [2.05, 4.69) is 134 Å². The molecule has 3 fully saturated rings. The number of hydrogen-bond donors (Lipinski definition) is 0. The van der Waals surface area contributed by atoms with Crippen LogP contribution in [-0.4, -0.2) is 120 Å². The summed E-state index contributed by atoms with van der Waals surface area (Å²) in [7, 11) is -6.70. The molecule has 0 N–H and O–H groups in total. The van der Waals surface area contributed by atoms with E-state index in [-0.39, 0.29) is 53.6 Å². The monoisotopic (exact) mass is 1170 g/mol. The topological polar surface area (TPSA) is 119 Å². The summed E-state index contributed by atoms with van der Waals surface area (Å²) in [4.78, 5) is 14.8. The van der Waals surface area contributed by atoms with E-state index in [1.165, 1.54) is 0 Å². The second kappa shape index (κ2) is 29.0. The fourth-order valence-electron chi connectivity index (χ4n) is 11.1. The van der Waals surface area contributed by atoms with Gasteiger partial charge in [-0.25, -0.2) is 0 Å². The molecule has 0 aliphatic carbocycles. The van der Waals surface area contributed by atoms with Gasteiger partial charge in [0.05, 0.1) is 57.5 Å². The molecule has 2 spiro atoms. The first-order valence-electron chi connectivity index (χ1n) is 30.5. The Morgan fingerprint density at radius 1 is 0.709 bits per heavy atom. The molecule has 5 rings (SSSR count). The molecule has 452 valence electrons. The highest BCUT2D eigenvalue weighted by atomic mass is 28.4. The van der Waals surface area contributed by atoms with Gasteiger partial charge in [0.15, 0.2) is 36.5 Å². The second-order valence-electron chi connectivity index (χ2n) is 28.1. The fourth-order valence-corrected chi connectivity index (χ4v) is 17.6. The third-order valence-electron chi connectivity index (χ3n) is 18.6. The maximum absolute atomic E-state index is 14.8. The average Bonchev–Trinajstić information content (AvgIpc) is 3.93. The first-order chi connectivity index (χ1) is 36.9. The summed E-state index contributed by atoms with van der Waals surface area (Å²) in [5.41, 5.74) is 1.55. The second-order valence-corrected chi connectivity index (χ2v) is 47.9. The molecular weight excluding hydrogens is 1060 g/mol. The molecule has 0 amide bonds. The van der Waals surface area contributed by atoms with E-state index < -0.39 is 68.5 Å². The molecule has 0 aromatic heterocycles. The van der Waals surface area contributed by atoms with Gasteiger partial charge in [-0.2, -0.15) is 0 Å². The number of carbonyl (C=O) groups is 1. The molecule has 3 saturated heterocycles. The van der Waals surface area contributed by atoms with E-state index in [1.807, 2.05) is 42.5 Å². The van der Waals surface area contributed by atoms with Gasteiger partial charge < -0.3 is 51.2 Å². The highest BCUT2D eigenvalue weighted by molar-refractivity contribution is 6.76. The Morgan fingerprint density at radius 2 is 1.33 bits per heavy atom. The predicted octanol–water partition coefficient (Wildman–Crippen LogP) is 16.0. The minimum Gasteiger partial charge on any atom is -0.497 e. The van der Waals surface area contributed by atoms with Crippen LogP contribution in [0.15, 0.2) is 54.6 Å². The van der Waals surface area contributed by atoms with Gasteiger partial charge in [-0.15, -0.1) is 0 Å². The van der Waals surface area contributed by atoms with Crippen LogP contribution < -0.4 is 4.74 Å². The SMILES string of the molecule is CC[Si](CC)(CC)O[C@@]1(C)CC[C@H](CCOCc2ccc(OC)cc2)O[C@]12CC[C@]1(CCC[C@@H](CC(=O)C[C@H](C)[C@H](OCOCC[Si](C)(C)C)[C@H](O[Si](C)(C)C(C)(C)C)[C@@H](COCc3ccccc3)O[Si](C)(C)C(C)(C)C)O1)O2. The van der Waals surface area contributed by atoms with Crippen molar-refractivity contribution < 1.29 is 56.0 Å². The van der Waals surface area contributed by atoms with Gasteiger partial charge in [-0.3, -0.25) is 4.79 Å². The van der Waals surface area contributed by atoms with Crippen LogP contribution in [0.3, 0.4) is 0 Å². The summed E-state index contributed by atoms with van der Waals surface area (Å²) < 4.78 is 76.0. The number of hydrogen-bond acceptors (Lipinski definition) is 12. The zero-order valence-electron chi connectivity index (χ0n) is 53.2. The largest absolute Gasteiger partial charge is 0.497 e. The zero-order valence-corrected chi connectivity index (χ0v) is 57.2. The molecule has 9 atom stereocenters. The quantitative estimate of drug-likeness (QED) is 0.0394. The number of ketones is 1. The lowest BCUT2D eigenvalue weighted by Gasteiger charge is -2.55. The summed E-state index contributed by atoms with van der Waals surface area (Å²) in [6.07, 6.45) is 4.82. The summed E-state index contributed by atoms with van der Waals surface area (Å²) in [6.45, 7) is 43.6. The first-order valence-corrected chi connectivity index (χ1v) is 42.6. The van der Waals surface area contributed by atoms with E-state index in [0.717, 1.165) is 79.6 Å². The third-order valence-corrected chi connectivity index (χ3v) is 34.1. The lowest BCUT2D eigenvalue weighted by atomic mass is 9.83. The molecule has 0 bridgehead atoms. The molecular formula is C63H112O12Si4.